The van der Waals surface area contributed by atoms with Gasteiger partial charge in [0.15, 0.2) is 0 Å². The molecule has 2 N–H and O–H groups in total. The van der Waals surface area contributed by atoms with Crippen molar-refractivity contribution in [3.05, 3.63) is 0 Å². The average Bonchev–Trinajstić information content (AvgIpc) is 2.42. The Hall–Kier alpha value is -0.570. The van der Waals surface area contributed by atoms with E-state index < -0.39 is 0 Å². The van der Waals surface area contributed by atoms with Gasteiger partial charge in [-0.25, -0.2) is 0 Å². The van der Waals surface area contributed by atoms with E-state index >= 15 is 0 Å². The Bertz CT molecular complexity index is 201. The van der Waals surface area contributed by atoms with Crippen LogP contribution in [0.15, 0.2) is 0 Å². The van der Waals surface area contributed by atoms with E-state index in [0.29, 0.717) is 24.5 Å². The number of hydrogen-bond donors (Lipinski definition) is 2. The minimum absolute atomic E-state index is 0.107. The molecule has 0 radical (unpaired) electrons. The minimum atomic E-state index is 0.107. The number of likely N-dealkylation sites (N-methyl/N-ethyl adjacent to an activating group) is 1. The van der Waals surface area contributed by atoms with Crippen LogP contribution in [-0.4, -0.2) is 25.0 Å². The van der Waals surface area contributed by atoms with Crippen molar-refractivity contribution in [1.29, 1.82) is 0 Å². The smallest absolute Gasteiger partial charge is 0.233 e. The van der Waals surface area contributed by atoms with Crippen molar-refractivity contribution in [2.45, 2.75) is 46.1 Å². The van der Waals surface area contributed by atoms with Gasteiger partial charge in [-0.05, 0) is 25.2 Å². The van der Waals surface area contributed by atoms with Crippen LogP contribution in [0.1, 0.15) is 40.0 Å². The minimum Gasteiger partial charge on any atom is -0.355 e. The zero-order chi connectivity index (χ0) is 10.6. The molecule has 1 amide bonds. The van der Waals surface area contributed by atoms with E-state index in [9.17, 15) is 4.79 Å². The van der Waals surface area contributed by atoms with E-state index in [0.717, 1.165) is 0 Å². The van der Waals surface area contributed by atoms with Crippen molar-refractivity contribution in [2.24, 2.45) is 5.41 Å². The fourth-order valence-corrected chi connectivity index (χ4v) is 2.18. The first-order valence-electron chi connectivity index (χ1n) is 5.56. The summed E-state index contributed by atoms with van der Waals surface area (Å²) in [6.07, 6.45) is 3.74. The molecule has 3 nitrogen and oxygen atoms in total. The molecule has 0 aromatic heterocycles. The van der Waals surface area contributed by atoms with Crippen LogP contribution in [0, 0.1) is 5.41 Å². The lowest BCUT2D eigenvalue weighted by Gasteiger charge is -2.27. The predicted molar refractivity (Wildman–Crippen MR) is 58.1 cm³/mol. The van der Waals surface area contributed by atoms with Crippen molar-refractivity contribution in [3.8, 4) is 0 Å². The van der Waals surface area contributed by atoms with Gasteiger partial charge in [-0.2, -0.15) is 0 Å². The van der Waals surface area contributed by atoms with E-state index in [1.807, 2.05) is 6.92 Å². The van der Waals surface area contributed by atoms with Gasteiger partial charge in [0.2, 0.25) is 5.91 Å². The Labute approximate surface area is 86.6 Å². The van der Waals surface area contributed by atoms with Crippen LogP contribution in [0.3, 0.4) is 0 Å². The lowest BCUT2D eigenvalue weighted by molar-refractivity contribution is -0.120. The molecular weight excluding hydrogens is 176 g/mol. The molecule has 1 unspecified atom stereocenters. The SMILES string of the molecule is CCNC(=O)CNC1CCCC1(C)C. The zero-order valence-electron chi connectivity index (χ0n) is 9.52. The number of amides is 1. The molecule has 1 aliphatic rings. The highest BCUT2D eigenvalue weighted by Crippen LogP contribution is 2.36. The summed E-state index contributed by atoms with van der Waals surface area (Å²) < 4.78 is 0. The Morgan fingerprint density at radius 1 is 1.50 bits per heavy atom. The largest absolute Gasteiger partial charge is 0.355 e. The van der Waals surface area contributed by atoms with Gasteiger partial charge in [0, 0.05) is 12.6 Å². The molecule has 1 saturated carbocycles. The predicted octanol–water partition coefficient (Wildman–Crippen LogP) is 1.29. The Balaban J connectivity index is 2.27. The quantitative estimate of drug-likeness (QED) is 0.714. The van der Waals surface area contributed by atoms with E-state index in [2.05, 4.69) is 24.5 Å². The van der Waals surface area contributed by atoms with Gasteiger partial charge in [-0.3, -0.25) is 4.79 Å². The molecular formula is C11H22N2O. The molecule has 1 fully saturated rings. The average molecular weight is 198 g/mol. The molecule has 0 aliphatic heterocycles. The van der Waals surface area contributed by atoms with Crippen LogP contribution >= 0.6 is 0 Å². The number of carbonyl (C=O) groups excluding carboxylic acids is 1. The standard InChI is InChI=1S/C11H22N2O/c1-4-12-10(14)8-13-9-6-5-7-11(9,2)3/h9,13H,4-8H2,1-3H3,(H,12,14). The third-order valence-corrected chi connectivity index (χ3v) is 3.14. The van der Waals surface area contributed by atoms with Gasteiger partial charge in [-0.15, -0.1) is 0 Å². The summed E-state index contributed by atoms with van der Waals surface area (Å²) in [5.41, 5.74) is 0.354. The third kappa shape index (κ3) is 2.98. The van der Waals surface area contributed by atoms with Gasteiger partial charge in [-0.1, -0.05) is 20.3 Å². The highest BCUT2D eigenvalue weighted by atomic mass is 16.1. The molecule has 14 heavy (non-hydrogen) atoms. The number of nitrogens with one attached hydrogen (secondary N) is 2. The second-order valence-electron chi connectivity index (χ2n) is 4.77. The highest BCUT2D eigenvalue weighted by Gasteiger charge is 2.33. The van der Waals surface area contributed by atoms with E-state index in [1.54, 1.807) is 0 Å². The molecule has 1 atom stereocenters. The van der Waals surface area contributed by atoms with E-state index in [-0.39, 0.29) is 5.91 Å². The van der Waals surface area contributed by atoms with Crippen molar-refractivity contribution < 1.29 is 4.79 Å². The highest BCUT2D eigenvalue weighted by molar-refractivity contribution is 5.77. The molecule has 3 heteroatoms. The Morgan fingerprint density at radius 3 is 2.71 bits per heavy atom. The number of carbonyl (C=O) groups is 1. The number of hydrogen-bond acceptors (Lipinski definition) is 2. The molecule has 0 spiro atoms. The Morgan fingerprint density at radius 2 is 2.21 bits per heavy atom. The van der Waals surface area contributed by atoms with E-state index in [1.165, 1.54) is 19.3 Å². The molecule has 1 aliphatic carbocycles. The fourth-order valence-electron chi connectivity index (χ4n) is 2.18. The fraction of sp³-hybridized carbons (Fsp3) is 0.909. The normalized spacial score (nSPS) is 24.9. The summed E-state index contributed by atoms with van der Waals surface area (Å²) in [5.74, 6) is 0.107. The molecule has 0 aromatic carbocycles. The summed E-state index contributed by atoms with van der Waals surface area (Å²) in [4.78, 5) is 11.2. The first kappa shape index (κ1) is 11.5. The molecule has 0 saturated heterocycles. The van der Waals surface area contributed by atoms with Gasteiger partial charge < -0.3 is 10.6 Å². The van der Waals surface area contributed by atoms with Gasteiger partial charge in [0.05, 0.1) is 6.54 Å². The lowest BCUT2D eigenvalue weighted by Crippen LogP contribution is -2.43. The Kier molecular flexibility index (Phi) is 3.93. The summed E-state index contributed by atoms with van der Waals surface area (Å²) >= 11 is 0. The van der Waals surface area contributed by atoms with Gasteiger partial charge in [0.1, 0.15) is 0 Å². The molecule has 82 valence electrons. The summed E-state index contributed by atoms with van der Waals surface area (Å²) in [6, 6.07) is 0.505. The van der Waals surface area contributed by atoms with Crippen molar-refractivity contribution in [3.63, 3.8) is 0 Å². The van der Waals surface area contributed by atoms with Crippen LogP contribution < -0.4 is 10.6 Å². The molecule has 0 bridgehead atoms. The van der Waals surface area contributed by atoms with Crippen LogP contribution in [0.2, 0.25) is 0 Å². The summed E-state index contributed by atoms with van der Waals surface area (Å²) in [6.45, 7) is 7.67. The zero-order valence-corrected chi connectivity index (χ0v) is 9.52. The van der Waals surface area contributed by atoms with Crippen LogP contribution in [0.25, 0.3) is 0 Å². The lowest BCUT2D eigenvalue weighted by atomic mass is 9.87. The summed E-state index contributed by atoms with van der Waals surface area (Å²) in [7, 11) is 0. The first-order valence-corrected chi connectivity index (χ1v) is 5.56. The van der Waals surface area contributed by atoms with Crippen molar-refractivity contribution in [2.75, 3.05) is 13.1 Å². The van der Waals surface area contributed by atoms with Crippen LogP contribution in [0.5, 0.6) is 0 Å². The van der Waals surface area contributed by atoms with Gasteiger partial charge in [0.25, 0.3) is 0 Å². The molecule has 0 heterocycles. The van der Waals surface area contributed by atoms with Crippen LogP contribution in [0.4, 0.5) is 0 Å². The van der Waals surface area contributed by atoms with Crippen molar-refractivity contribution >= 4 is 5.91 Å². The maximum atomic E-state index is 11.2. The maximum absolute atomic E-state index is 11.2. The second-order valence-corrected chi connectivity index (χ2v) is 4.77. The number of rotatable bonds is 4. The summed E-state index contributed by atoms with van der Waals surface area (Å²) in [5, 5.41) is 6.14. The monoisotopic (exact) mass is 198 g/mol. The van der Waals surface area contributed by atoms with Crippen LogP contribution in [-0.2, 0) is 4.79 Å². The van der Waals surface area contributed by atoms with Crippen molar-refractivity contribution in [1.82, 2.24) is 10.6 Å². The topological polar surface area (TPSA) is 41.1 Å². The first-order chi connectivity index (χ1) is 6.56. The van der Waals surface area contributed by atoms with E-state index in [4.69, 9.17) is 0 Å². The molecule has 0 aromatic rings. The maximum Gasteiger partial charge on any atom is 0.233 e. The third-order valence-electron chi connectivity index (χ3n) is 3.14. The molecule has 1 rings (SSSR count). The second kappa shape index (κ2) is 4.78. The van der Waals surface area contributed by atoms with Gasteiger partial charge >= 0.3 is 0 Å².